The molecule has 2 heteroatoms. The molecule has 0 radical (unpaired) electrons. The minimum absolute atomic E-state index is 0.0970. The van der Waals surface area contributed by atoms with Crippen LogP contribution in [-0.4, -0.2) is 11.6 Å². The third-order valence-corrected chi connectivity index (χ3v) is 0.553. The first-order valence-electron chi connectivity index (χ1n) is 3.32. The molecule has 0 bridgehead atoms. The van der Waals surface area contributed by atoms with Crippen LogP contribution in [0.3, 0.4) is 0 Å². The van der Waals surface area contributed by atoms with Gasteiger partial charge in [-0.05, 0) is 26.0 Å². The molecule has 0 aliphatic carbocycles. The van der Waals surface area contributed by atoms with E-state index in [9.17, 15) is 9.59 Å². The van der Waals surface area contributed by atoms with E-state index >= 15 is 0 Å². The van der Waals surface area contributed by atoms with Crippen molar-refractivity contribution in [1.82, 2.24) is 0 Å². The van der Waals surface area contributed by atoms with Gasteiger partial charge in [0.2, 0.25) is 0 Å². The molecule has 58 valence electrons. The summed E-state index contributed by atoms with van der Waals surface area (Å²) in [5.41, 5.74) is 0. The summed E-state index contributed by atoms with van der Waals surface area (Å²) < 4.78 is 0. The molecule has 0 aromatic carbocycles. The van der Waals surface area contributed by atoms with Crippen LogP contribution in [0, 0.1) is 0 Å². The Kier molecular flexibility index (Phi) is 9.56. The van der Waals surface area contributed by atoms with E-state index in [4.69, 9.17) is 0 Å². The number of carbonyl (C=O) groups is 2. The van der Waals surface area contributed by atoms with Gasteiger partial charge in [0.05, 0.1) is 0 Å². The van der Waals surface area contributed by atoms with Crippen molar-refractivity contribution in [2.45, 2.75) is 27.7 Å². The first-order chi connectivity index (χ1) is 4.63. The van der Waals surface area contributed by atoms with Crippen molar-refractivity contribution >= 4 is 11.6 Å². The Morgan fingerprint density at radius 2 is 1.10 bits per heavy atom. The molecule has 0 unspecified atom stereocenters. The van der Waals surface area contributed by atoms with E-state index in [1.165, 1.54) is 26.0 Å². The number of allylic oxidation sites excluding steroid dienone is 2. The summed E-state index contributed by atoms with van der Waals surface area (Å²) in [5, 5.41) is 0. The highest BCUT2D eigenvalue weighted by atomic mass is 16.1. The number of hydrogen-bond donors (Lipinski definition) is 0. The van der Waals surface area contributed by atoms with E-state index in [1.54, 1.807) is 0 Å². The molecule has 0 rings (SSSR count). The Balaban J connectivity index is 0. The van der Waals surface area contributed by atoms with Crippen molar-refractivity contribution in [3.8, 4) is 0 Å². The van der Waals surface area contributed by atoms with Gasteiger partial charge in [-0.15, -0.1) is 0 Å². The Morgan fingerprint density at radius 3 is 1.20 bits per heavy atom. The van der Waals surface area contributed by atoms with Gasteiger partial charge in [-0.2, -0.15) is 0 Å². The van der Waals surface area contributed by atoms with Gasteiger partial charge in [0.15, 0.2) is 11.6 Å². The maximum atomic E-state index is 10.1. The van der Waals surface area contributed by atoms with Crippen LogP contribution >= 0.6 is 0 Å². The molecule has 0 saturated heterocycles. The summed E-state index contributed by atoms with van der Waals surface area (Å²) in [5.74, 6) is -0.194. The summed E-state index contributed by atoms with van der Waals surface area (Å²) in [6.07, 6.45) is 2.50. The Morgan fingerprint density at radius 1 is 0.900 bits per heavy atom. The standard InChI is InChI=1S/C6H8O2.C2H6/c1-5(7)3-4-6(2)8;1-2/h3-4H,1-2H3;1-2H3/b4-3-;. The predicted molar refractivity (Wildman–Crippen MR) is 41.9 cm³/mol. The fourth-order valence-electron chi connectivity index (χ4n) is 0.235. The van der Waals surface area contributed by atoms with Crippen LogP contribution < -0.4 is 0 Å². The molecule has 0 aliphatic heterocycles. The lowest BCUT2D eigenvalue weighted by Gasteiger charge is -1.74. The highest BCUT2D eigenvalue weighted by Crippen LogP contribution is 1.75. The Labute approximate surface area is 61.9 Å². The van der Waals surface area contributed by atoms with Crippen LogP contribution in [0.25, 0.3) is 0 Å². The first-order valence-corrected chi connectivity index (χ1v) is 3.32. The molecule has 0 aromatic rings. The van der Waals surface area contributed by atoms with Crippen molar-refractivity contribution < 1.29 is 9.59 Å². The van der Waals surface area contributed by atoms with Crippen LogP contribution in [-0.2, 0) is 9.59 Å². The SMILES string of the molecule is CC.CC(=O)/C=C\C(C)=O. The normalized spacial score (nSPS) is 8.40. The highest BCUT2D eigenvalue weighted by Gasteiger charge is 1.83. The third-order valence-electron chi connectivity index (χ3n) is 0.553. The number of ketones is 2. The molecule has 0 aromatic heterocycles. The maximum absolute atomic E-state index is 10.1. The minimum atomic E-state index is -0.0970. The molecule has 0 aliphatic rings. The van der Waals surface area contributed by atoms with Crippen LogP contribution in [0.1, 0.15) is 27.7 Å². The van der Waals surface area contributed by atoms with Gasteiger partial charge in [0.25, 0.3) is 0 Å². The van der Waals surface area contributed by atoms with Gasteiger partial charge in [-0.1, -0.05) is 13.8 Å². The smallest absolute Gasteiger partial charge is 0.152 e. The Hall–Kier alpha value is -0.920. The second-order valence-electron chi connectivity index (χ2n) is 1.55. The molecular weight excluding hydrogens is 128 g/mol. The number of carbonyl (C=O) groups excluding carboxylic acids is 2. The summed E-state index contributed by atoms with van der Waals surface area (Å²) in [6.45, 7) is 6.80. The number of hydrogen-bond acceptors (Lipinski definition) is 2. The van der Waals surface area contributed by atoms with Gasteiger partial charge >= 0.3 is 0 Å². The van der Waals surface area contributed by atoms with Crippen molar-refractivity contribution in [3.05, 3.63) is 12.2 Å². The highest BCUT2D eigenvalue weighted by molar-refractivity contribution is 5.96. The van der Waals surface area contributed by atoms with E-state index < -0.39 is 0 Å². The Bertz CT molecular complexity index is 118. The van der Waals surface area contributed by atoms with Crippen LogP contribution in [0.4, 0.5) is 0 Å². The van der Waals surface area contributed by atoms with Gasteiger partial charge in [-0.25, -0.2) is 0 Å². The molecule has 10 heavy (non-hydrogen) atoms. The molecule has 2 nitrogen and oxygen atoms in total. The lowest BCUT2D eigenvalue weighted by Crippen LogP contribution is -1.85. The van der Waals surface area contributed by atoms with Gasteiger partial charge in [0, 0.05) is 0 Å². The average Bonchev–Trinajstić information content (AvgIpc) is 1.89. The van der Waals surface area contributed by atoms with Gasteiger partial charge in [-0.3, -0.25) is 9.59 Å². The van der Waals surface area contributed by atoms with Crippen molar-refractivity contribution in [2.24, 2.45) is 0 Å². The fraction of sp³-hybridized carbons (Fsp3) is 0.500. The molecule has 0 heterocycles. The largest absolute Gasteiger partial charge is 0.295 e. The zero-order valence-electron chi connectivity index (χ0n) is 6.97. The molecule has 0 amide bonds. The topological polar surface area (TPSA) is 34.1 Å². The summed E-state index contributed by atoms with van der Waals surface area (Å²) in [4.78, 5) is 20.2. The first kappa shape index (κ1) is 11.8. The summed E-state index contributed by atoms with van der Waals surface area (Å²) in [7, 11) is 0. The van der Waals surface area contributed by atoms with Crippen molar-refractivity contribution in [1.29, 1.82) is 0 Å². The van der Waals surface area contributed by atoms with Crippen LogP contribution in [0.2, 0.25) is 0 Å². The lowest BCUT2D eigenvalue weighted by atomic mass is 10.3. The lowest BCUT2D eigenvalue weighted by molar-refractivity contribution is -0.114. The second-order valence-corrected chi connectivity index (χ2v) is 1.55. The quantitative estimate of drug-likeness (QED) is 0.550. The monoisotopic (exact) mass is 142 g/mol. The van der Waals surface area contributed by atoms with E-state index in [1.807, 2.05) is 13.8 Å². The molecular formula is C8H14O2. The van der Waals surface area contributed by atoms with E-state index in [2.05, 4.69) is 0 Å². The predicted octanol–water partition coefficient (Wildman–Crippen LogP) is 1.75. The van der Waals surface area contributed by atoms with Crippen LogP contribution in [0.15, 0.2) is 12.2 Å². The third kappa shape index (κ3) is 15.7. The molecule has 0 spiro atoms. The van der Waals surface area contributed by atoms with E-state index in [0.29, 0.717) is 0 Å². The number of rotatable bonds is 2. The zero-order valence-corrected chi connectivity index (χ0v) is 6.97. The maximum Gasteiger partial charge on any atom is 0.152 e. The molecule has 0 saturated carbocycles. The summed E-state index contributed by atoms with van der Waals surface area (Å²) >= 11 is 0. The summed E-state index contributed by atoms with van der Waals surface area (Å²) in [6, 6.07) is 0. The van der Waals surface area contributed by atoms with Crippen molar-refractivity contribution in [3.63, 3.8) is 0 Å². The fourth-order valence-corrected chi connectivity index (χ4v) is 0.235. The molecule has 0 atom stereocenters. The minimum Gasteiger partial charge on any atom is -0.295 e. The van der Waals surface area contributed by atoms with Crippen molar-refractivity contribution in [2.75, 3.05) is 0 Å². The van der Waals surface area contributed by atoms with Crippen LogP contribution in [0.5, 0.6) is 0 Å². The van der Waals surface area contributed by atoms with Gasteiger partial charge in [0.1, 0.15) is 0 Å². The second kappa shape index (κ2) is 8.08. The molecule has 0 fully saturated rings. The zero-order chi connectivity index (χ0) is 8.57. The van der Waals surface area contributed by atoms with E-state index in [-0.39, 0.29) is 11.6 Å². The molecule has 0 N–H and O–H groups in total. The average molecular weight is 142 g/mol. The van der Waals surface area contributed by atoms with Gasteiger partial charge < -0.3 is 0 Å². The van der Waals surface area contributed by atoms with E-state index in [0.717, 1.165) is 0 Å².